The van der Waals surface area contributed by atoms with E-state index in [-0.39, 0.29) is 28.6 Å². The van der Waals surface area contributed by atoms with Gasteiger partial charge < -0.3 is 10.1 Å². The van der Waals surface area contributed by atoms with Gasteiger partial charge in [0.2, 0.25) is 0 Å². The Hall–Kier alpha value is -2.14. The van der Waals surface area contributed by atoms with Crippen molar-refractivity contribution in [2.24, 2.45) is 0 Å². The van der Waals surface area contributed by atoms with E-state index in [1.807, 2.05) is 24.3 Å². The number of rotatable bonds is 3. The minimum Gasteiger partial charge on any atom is -0.449 e. The summed E-state index contributed by atoms with van der Waals surface area (Å²) in [5, 5.41) is 3.52. The largest absolute Gasteiger partial charge is 0.449 e. The van der Waals surface area contributed by atoms with E-state index in [0.29, 0.717) is 6.61 Å². The zero-order valence-corrected chi connectivity index (χ0v) is 15.9. The summed E-state index contributed by atoms with van der Waals surface area (Å²) >= 11 is 0. The van der Waals surface area contributed by atoms with Gasteiger partial charge in [-0.3, -0.25) is 4.21 Å². The van der Waals surface area contributed by atoms with Crippen LogP contribution in [-0.2, 0) is 15.5 Å². The van der Waals surface area contributed by atoms with E-state index in [0.717, 1.165) is 25.7 Å². The highest BCUT2D eigenvalue weighted by molar-refractivity contribution is 7.86. The summed E-state index contributed by atoms with van der Waals surface area (Å²) < 4.78 is 17.8. The first-order valence-electron chi connectivity index (χ1n) is 9.71. The van der Waals surface area contributed by atoms with Crippen LogP contribution in [0.5, 0.6) is 0 Å². The number of nitrogens with one attached hydrogen (secondary N) is 1. The first-order chi connectivity index (χ1) is 13.2. The Morgan fingerprint density at radius 1 is 0.963 bits per heavy atom. The molecule has 3 aliphatic rings. The van der Waals surface area contributed by atoms with Crippen molar-refractivity contribution in [3.05, 3.63) is 59.7 Å². The van der Waals surface area contributed by atoms with E-state index in [9.17, 15) is 9.00 Å². The molecule has 2 bridgehead atoms. The summed E-state index contributed by atoms with van der Waals surface area (Å²) in [6.45, 7) is 0.339. The van der Waals surface area contributed by atoms with E-state index < -0.39 is 10.8 Å². The Bertz CT molecular complexity index is 850. The molecule has 1 N–H and O–H groups in total. The molecule has 2 heterocycles. The Kier molecular flexibility index (Phi) is 4.27. The van der Waals surface area contributed by atoms with Crippen LogP contribution in [0.15, 0.2) is 48.5 Å². The molecule has 5 rings (SSSR count). The fourth-order valence-electron chi connectivity index (χ4n) is 4.96. The minimum atomic E-state index is -0.702. The van der Waals surface area contributed by atoms with Crippen molar-refractivity contribution in [3.63, 3.8) is 0 Å². The van der Waals surface area contributed by atoms with Gasteiger partial charge >= 0.3 is 6.09 Å². The Morgan fingerprint density at radius 2 is 1.52 bits per heavy atom. The third-order valence-electron chi connectivity index (χ3n) is 6.23. The van der Waals surface area contributed by atoms with Gasteiger partial charge in [-0.2, -0.15) is 0 Å². The lowest BCUT2D eigenvalue weighted by Gasteiger charge is -2.27. The predicted octanol–water partition coefficient (Wildman–Crippen LogP) is 3.97. The standard InChI is InChI=1S/C22H23NO3S/c24-22(23-14-11-15-9-10-16(12-14)27(15)25)26-13-21-19-7-3-1-5-17(19)18-6-2-4-8-20(18)21/h1-8,14-16,21H,9-13H2,(H,23,24). The molecule has 27 heavy (non-hydrogen) atoms. The van der Waals surface area contributed by atoms with E-state index >= 15 is 0 Å². The van der Waals surface area contributed by atoms with Crippen molar-refractivity contribution >= 4 is 16.9 Å². The monoisotopic (exact) mass is 381 g/mol. The van der Waals surface area contributed by atoms with Crippen molar-refractivity contribution in [1.29, 1.82) is 0 Å². The molecule has 0 aromatic heterocycles. The van der Waals surface area contributed by atoms with Gasteiger partial charge in [-0.25, -0.2) is 4.79 Å². The Balaban J connectivity index is 1.25. The molecule has 4 nitrogen and oxygen atoms in total. The van der Waals surface area contributed by atoms with Gasteiger partial charge in [-0.15, -0.1) is 0 Å². The average molecular weight is 381 g/mol. The van der Waals surface area contributed by atoms with E-state index in [2.05, 4.69) is 29.6 Å². The van der Waals surface area contributed by atoms with Gasteiger partial charge in [0.15, 0.2) is 0 Å². The number of ether oxygens (including phenoxy) is 1. The molecule has 2 atom stereocenters. The number of fused-ring (bicyclic) bond motifs is 5. The summed E-state index contributed by atoms with van der Waals surface area (Å²) in [6, 6.07) is 16.8. The lowest BCUT2D eigenvalue weighted by atomic mass is 9.98. The van der Waals surface area contributed by atoms with Crippen LogP contribution in [0.2, 0.25) is 0 Å². The van der Waals surface area contributed by atoms with Crippen molar-refractivity contribution < 1.29 is 13.7 Å². The normalized spacial score (nSPS) is 28.4. The molecule has 140 valence electrons. The highest BCUT2D eigenvalue weighted by Gasteiger charge is 2.41. The van der Waals surface area contributed by atoms with Crippen LogP contribution in [0.25, 0.3) is 11.1 Å². The van der Waals surface area contributed by atoms with Crippen LogP contribution in [0.4, 0.5) is 4.79 Å². The number of benzene rings is 2. The molecule has 2 saturated heterocycles. The highest BCUT2D eigenvalue weighted by atomic mass is 32.2. The smallest absolute Gasteiger partial charge is 0.407 e. The van der Waals surface area contributed by atoms with E-state index in [1.165, 1.54) is 22.3 Å². The first-order valence-corrected chi connectivity index (χ1v) is 11.0. The summed E-state index contributed by atoms with van der Waals surface area (Å²) in [4.78, 5) is 12.4. The summed E-state index contributed by atoms with van der Waals surface area (Å²) in [7, 11) is -0.702. The molecular formula is C22H23NO3S. The highest BCUT2D eigenvalue weighted by Crippen LogP contribution is 2.44. The lowest BCUT2D eigenvalue weighted by molar-refractivity contribution is 0.138. The molecule has 1 amide bonds. The maximum Gasteiger partial charge on any atom is 0.407 e. The fraction of sp³-hybridized carbons (Fsp3) is 0.409. The molecule has 1 aliphatic carbocycles. The van der Waals surface area contributed by atoms with Crippen LogP contribution in [0.1, 0.15) is 42.7 Å². The topological polar surface area (TPSA) is 55.4 Å². The number of hydrogen-bond donors (Lipinski definition) is 1. The average Bonchev–Trinajstić information content (AvgIpc) is 3.09. The number of carbonyl (C=O) groups is 1. The molecular weight excluding hydrogens is 358 g/mol. The van der Waals surface area contributed by atoms with Crippen LogP contribution >= 0.6 is 0 Å². The summed E-state index contributed by atoms with van der Waals surface area (Å²) in [5.41, 5.74) is 4.90. The maximum absolute atomic E-state index is 12.4. The van der Waals surface area contributed by atoms with Crippen LogP contribution in [0.3, 0.4) is 0 Å². The van der Waals surface area contributed by atoms with E-state index in [1.54, 1.807) is 0 Å². The number of amides is 1. The maximum atomic E-state index is 12.4. The summed E-state index contributed by atoms with van der Waals surface area (Å²) in [5.74, 6) is 0.0817. The lowest BCUT2D eigenvalue weighted by Crippen LogP contribution is -2.43. The zero-order valence-electron chi connectivity index (χ0n) is 15.1. The second-order valence-corrected chi connectivity index (χ2v) is 9.78. The second-order valence-electron chi connectivity index (χ2n) is 7.79. The third kappa shape index (κ3) is 2.98. The number of alkyl carbamates (subject to hydrolysis) is 1. The van der Waals surface area contributed by atoms with Crippen molar-refractivity contribution in [3.8, 4) is 11.1 Å². The summed E-state index contributed by atoms with van der Waals surface area (Å²) in [6.07, 6.45) is 3.33. The van der Waals surface area contributed by atoms with Gasteiger partial charge in [-0.05, 0) is 47.9 Å². The number of carbonyl (C=O) groups excluding carboxylic acids is 1. The molecule has 2 unspecified atom stereocenters. The van der Waals surface area contributed by atoms with Gasteiger partial charge in [0.05, 0.1) is 0 Å². The van der Waals surface area contributed by atoms with Crippen molar-refractivity contribution in [2.45, 2.75) is 48.1 Å². The Labute approximate surface area is 161 Å². The molecule has 0 radical (unpaired) electrons. The van der Waals surface area contributed by atoms with Crippen molar-refractivity contribution in [1.82, 2.24) is 5.32 Å². The molecule has 5 heteroatoms. The second kappa shape index (κ2) is 6.79. The fourth-order valence-corrected chi connectivity index (χ4v) is 7.08. The van der Waals surface area contributed by atoms with Gasteiger partial charge in [0.25, 0.3) is 0 Å². The minimum absolute atomic E-state index is 0.0817. The third-order valence-corrected chi connectivity index (χ3v) is 8.40. The van der Waals surface area contributed by atoms with Crippen LogP contribution in [-0.4, -0.2) is 33.5 Å². The molecule has 0 spiro atoms. The number of hydrogen-bond acceptors (Lipinski definition) is 3. The zero-order chi connectivity index (χ0) is 18.4. The molecule has 2 aromatic rings. The van der Waals surface area contributed by atoms with Crippen molar-refractivity contribution in [2.75, 3.05) is 6.61 Å². The predicted molar refractivity (Wildman–Crippen MR) is 106 cm³/mol. The van der Waals surface area contributed by atoms with Crippen LogP contribution < -0.4 is 5.32 Å². The van der Waals surface area contributed by atoms with Gasteiger partial charge in [-0.1, -0.05) is 48.5 Å². The van der Waals surface area contributed by atoms with Crippen LogP contribution in [0, 0.1) is 0 Å². The van der Waals surface area contributed by atoms with E-state index in [4.69, 9.17) is 4.74 Å². The molecule has 2 fully saturated rings. The Morgan fingerprint density at radius 3 is 2.11 bits per heavy atom. The SMILES string of the molecule is O=C(NC1CC2CCC(C1)S2=O)OCC1c2ccccc2-c2ccccc21. The first kappa shape index (κ1) is 17.0. The molecule has 2 aromatic carbocycles. The molecule has 0 saturated carbocycles. The van der Waals surface area contributed by atoms with Gasteiger partial charge in [0, 0.05) is 33.3 Å². The molecule has 2 aliphatic heterocycles. The quantitative estimate of drug-likeness (QED) is 0.875. The van der Waals surface area contributed by atoms with Gasteiger partial charge in [0.1, 0.15) is 6.61 Å².